The van der Waals surface area contributed by atoms with Gasteiger partial charge in [0, 0.05) is 0 Å². The van der Waals surface area contributed by atoms with Crippen molar-refractivity contribution in [3.8, 4) is 0 Å². The van der Waals surface area contributed by atoms with Crippen LogP contribution in [-0.2, 0) is 0 Å². The molecule has 0 saturated heterocycles. The summed E-state index contributed by atoms with van der Waals surface area (Å²) in [6.45, 7) is 13.3. The minimum atomic E-state index is 0.863. The first-order valence-corrected chi connectivity index (χ1v) is 6.35. The maximum absolute atomic E-state index is 3.91. The molecule has 0 aromatic rings. The lowest BCUT2D eigenvalue weighted by atomic mass is 9.91. The maximum atomic E-state index is 3.91. The maximum Gasteiger partial charge on any atom is -0.0440 e. The zero-order valence-electron chi connectivity index (χ0n) is 10.7. The normalized spacial score (nSPS) is 15.9. The molecule has 85 valence electrons. The molecule has 0 spiro atoms. The lowest BCUT2D eigenvalue weighted by Gasteiger charge is -2.15. The van der Waals surface area contributed by atoms with Gasteiger partial charge in [-0.25, -0.2) is 0 Å². The smallest absolute Gasteiger partial charge is 0.0440 e. The topological polar surface area (TPSA) is 0 Å². The van der Waals surface area contributed by atoms with Gasteiger partial charge in [-0.3, -0.25) is 0 Å². The Kier molecular flexibility index (Phi) is 8.32. The van der Waals surface area contributed by atoms with E-state index in [2.05, 4.69) is 34.6 Å². The van der Waals surface area contributed by atoms with E-state index < -0.39 is 0 Å². The molecular formula is C14H29. The molecule has 14 heavy (non-hydrogen) atoms. The SMILES string of the molecule is [CH2]CCC(C)CCCC(C)CC(C)C. The van der Waals surface area contributed by atoms with Crippen LogP contribution >= 0.6 is 0 Å². The lowest BCUT2D eigenvalue weighted by molar-refractivity contribution is 0.377. The van der Waals surface area contributed by atoms with Crippen molar-refractivity contribution >= 4 is 0 Å². The van der Waals surface area contributed by atoms with E-state index in [0.717, 1.165) is 24.2 Å². The van der Waals surface area contributed by atoms with Crippen LogP contribution in [0.1, 0.15) is 66.2 Å². The number of hydrogen-bond acceptors (Lipinski definition) is 0. The quantitative estimate of drug-likeness (QED) is 0.508. The molecular weight excluding hydrogens is 168 g/mol. The van der Waals surface area contributed by atoms with Crippen LogP contribution in [0, 0.1) is 24.7 Å². The van der Waals surface area contributed by atoms with E-state index in [0.29, 0.717) is 0 Å². The molecule has 0 bridgehead atoms. The summed E-state index contributed by atoms with van der Waals surface area (Å²) >= 11 is 0. The second kappa shape index (κ2) is 8.32. The summed E-state index contributed by atoms with van der Waals surface area (Å²) in [7, 11) is 0. The fourth-order valence-electron chi connectivity index (χ4n) is 2.23. The van der Waals surface area contributed by atoms with Crippen molar-refractivity contribution in [3.05, 3.63) is 6.92 Å². The Bertz CT molecular complexity index is 115. The monoisotopic (exact) mass is 197 g/mol. The predicted octanol–water partition coefficient (Wildman–Crippen LogP) is 5.09. The average molecular weight is 197 g/mol. The molecule has 0 aromatic carbocycles. The van der Waals surface area contributed by atoms with Crippen LogP contribution in [0.3, 0.4) is 0 Å². The molecule has 0 aromatic heterocycles. The molecule has 0 saturated carbocycles. The fraction of sp³-hybridized carbons (Fsp3) is 0.929. The first-order valence-electron chi connectivity index (χ1n) is 6.35. The fourth-order valence-corrected chi connectivity index (χ4v) is 2.23. The van der Waals surface area contributed by atoms with Crippen LogP contribution < -0.4 is 0 Å². The molecule has 0 aliphatic rings. The van der Waals surface area contributed by atoms with Crippen molar-refractivity contribution in [2.75, 3.05) is 0 Å². The Morgan fingerprint density at radius 3 is 1.93 bits per heavy atom. The summed E-state index contributed by atoms with van der Waals surface area (Å²) in [6.07, 6.45) is 8.03. The van der Waals surface area contributed by atoms with Crippen LogP contribution in [0.4, 0.5) is 0 Å². The second-order valence-corrected chi connectivity index (χ2v) is 5.41. The van der Waals surface area contributed by atoms with Crippen LogP contribution in [0.15, 0.2) is 0 Å². The van der Waals surface area contributed by atoms with Crippen molar-refractivity contribution in [1.82, 2.24) is 0 Å². The van der Waals surface area contributed by atoms with Crippen LogP contribution in [-0.4, -0.2) is 0 Å². The number of rotatable bonds is 8. The van der Waals surface area contributed by atoms with Gasteiger partial charge in [-0.1, -0.05) is 66.7 Å². The Labute approximate surface area is 91.5 Å². The Hall–Kier alpha value is 0. The first kappa shape index (κ1) is 14.0. The van der Waals surface area contributed by atoms with E-state index in [1.807, 2.05) is 0 Å². The van der Waals surface area contributed by atoms with Crippen molar-refractivity contribution in [2.24, 2.45) is 17.8 Å². The van der Waals surface area contributed by atoms with Crippen molar-refractivity contribution in [1.29, 1.82) is 0 Å². The lowest BCUT2D eigenvalue weighted by Crippen LogP contribution is -2.01. The van der Waals surface area contributed by atoms with Gasteiger partial charge in [-0.15, -0.1) is 0 Å². The predicted molar refractivity (Wildman–Crippen MR) is 66.2 cm³/mol. The van der Waals surface area contributed by atoms with E-state index in [4.69, 9.17) is 0 Å². The van der Waals surface area contributed by atoms with Gasteiger partial charge in [0.25, 0.3) is 0 Å². The summed E-state index contributed by atoms with van der Waals surface area (Å²) < 4.78 is 0. The summed E-state index contributed by atoms with van der Waals surface area (Å²) in [5.74, 6) is 2.67. The van der Waals surface area contributed by atoms with E-state index in [-0.39, 0.29) is 0 Å². The largest absolute Gasteiger partial charge is 0.0628 e. The highest BCUT2D eigenvalue weighted by molar-refractivity contribution is 4.59. The highest BCUT2D eigenvalue weighted by atomic mass is 14.1. The third kappa shape index (κ3) is 8.59. The third-order valence-corrected chi connectivity index (χ3v) is 2.96. The minimum absolute atomic E-state index is 0.863. The highest BCUT2D eigenvalue weighted by Gasteiger charge is 2.06. The van der Waals surface area contributed by atoms with Crippen molar-refractivity contribution in [2.45, 2.75) is 66.2 Å². The molecule has 0 heterocycles. The van der Waals surface area contributed by atoms with Crippen LogP contribution in [0.5, 0.6) is 0 Å². The molecule has 0 rings (SSSR count). The van der Waals surface area contributed by atoms with Gasteiger partial charge in [0.2, 0.25) is 0 Å². The molecule has 1 radical (unpaired) electrons. The van der Waals surface area contributed by atoms with Gasteiger partial charge in [0.1, 0.15) is 0 Å². The molecule has 0 N–H and O–H groups in total. The second-order valence-electron chi connectivity index (χ2n) is 5.41. The molecule has 0 aliphatic heterocycles. The molecule has 0 heteroatoms. The van der Waals surface area contributed by atoms with Crippen LogP contribution in [0.25, 0.3) is 0 Å². The highest BCUT2D eigenvalue weighted by Crippen LogP contribution is 2.20. The summed E-state index contributed by atoms with van der Waals surface area (Å²) in [5, 5.41) is 0. The molecule has 2 unspecified atom stereocenters. The van der Waals surface area contributed by atoms with E-state index in [1.165, 1.54) is 32.1 Å². The first-order chi connectivity index (χ1) is 6.56. The van der Waals surface area contributed by atoms with Gasteiger partial charge >= 0.3 is 0 Å². The van der Waals surface area contributed by atoms with E-state index in [9.17, 15) is 0 Å². The summed E-state index contributed by atoms with van der Waals surface area (Å²) in [6, 6.07) is 0. The zero-order chi connectivity index (χ0) is 11.0. The van der Waals surface area contributed by atoms with Gasteiger partial charge in [-0.2, -0.15) is 0 Å². The molecule has 0 nitrogen and oxygen atoms in total. The standard InChI is InChI=1S/C14H29/c1-6-8-13(4)9-7-10-14(5)11-12(2)3/h12-14H,1,6-11H2,2-5H3. The molecule has 0 aliphatic carbocycles. The molecule has 2 atom stereocenters. The van der Waals surface area contributed by atoms with Crippen molar-refractivity contribution < 1.29 is 0 Å². The van der Waals surface area contributed by atoms with E-state index >= 15 is 0 Å². The molecule has 0 fully saturated rings. The Balaban J connectivity index is 3.34. The number of hydrogen-bond donors (Lipinski definition) is 0. The van der Waals surface area contributed by atoms with E-state index in [1.54, 1.807) is 0 Å². The van der Waals surface area contributed by atoms with Crippen LogP contribution in [0.2, 0.25) is 0 Å². The zero-order valence-corrected chi connectivity index (χ0v) is 10.7. The third-order valence-electron chi connectivity index (χ3n) is 2.96. The van der Waals surface area contributed by atoms with Gasteiger partial charge < -0.3 is 0 Å². The van der Waals surface area contributed by atoms with Gasteiger partial charge in [-0.05, 0) is 24.2 Å². The summed E-state index contributed by atoms with van der Waals surface area (Å²) in [4.78, 5) is 0. The summed E-state index contributed by atoms with van der Waals surface area (Å²) in [5.41, 5.74) is 0. The average Bonchev–Trinajstić information content (AvgIpc) is 2.02. The van der Waals surface area contributed by atoms with Crippen molar-refractivity contribution in [3.63, 3.8) is 0 Å². The Morgan fingerprint density at radius 2 is 1.43 bits per heavy atom. The minimum Gasteiger partial charge on any atom is -0.0628 e. The van der Waals surface area contributed by atoms with Gasteiger partial charge in [0.15, 0.2) is 0 Å². The van der Waals surface area contributed by atoms with Gasteiger partial charge in [0.05, 0.1) is 0 Å². The Morgan fingerprint density at radius 1 is 0.857 bits per heavy atom. The molecule has 0 amide bonds.